The monoisotopic (exact) mass is 330 g/mol. The van der Waals surface area contributed by atoms with Gasteiger partial charge in [0.2, 0.25) is 10.0 Å². The molecule has 0 spiro atoms. The Morgan fingerprint density at radius 3 is 2.62 bits per heavy atom. The van der Waals surface area contributed by atoms with Crippen molar-refractivity contribution in [1.82, 2.24) is 9.62 Å². The van der Waals surface area contributed by atoms with E-state index in [0.29, 0.717) is 18.0 Å². The zero-order valence-corrected chi connectivity index (χ0v) is 14.8. The lowest BCUT2D eigenvalue weighted by atomic mass is 9.83. The second-order valence-electron chi connectivity index (χ2n) is 6.49. The highest BCUT2D eigenvalue weighted by Gasteiger charge is 2.33. The average molecular weight is 331 g/mol. The van der Waals surface area contributed by atoms with Crippen LogP contribution in [0.2, 0.25) is 0 Å². The van der Waals surface area contributed by atoms with Crippen LogP contribution in [0.1, 0.15) is 44.9 Å². The van der Waals surface area contributed by atoms with Crippen molar-refractivity contribution >= 4 is 21.4 Å². The highest BCUT2D eigenvalue weighted by atomic mass is 32.2. The SMILES string of the molecule is CCCNCc1cc(S(=O)(=O)N2CCC(C)(C)CC2)cs1. The van der Waals surface area contributed by atoms with Crippen LogP contribution >= 0.6 is 11.3 Å². The molecule has 0 amide bonds. The third-order valence-corrected chi connectivity index (χ3v) is 7.03. The van der Waals surface area contributed by atoms with Crippen LogP contribution in [0.25, 0.3) is 0 Å². The number of rotatable bonds is 6. The van der Waals surface area contributed by atoms with Crippen molar-refractivity contribution in [3.63, 3.8) is 0 Å². The van der Waals surface area contributed by atoms with Crippen LogP contribution in [0.3, 0.4) is 0 Å². The molecule has 1 aromatic rings. The van der Waals surface area contributed by atoms with Gasteiger partial charge in [0.1, 0.15) is 0 Å². The first-order chi connectivity index (χ1) is 9.85. The molecule has 1 fully saturated rings. The van der Waals surface area contributed by atoms with Crippen molar-refractivity contribution < 1.29 is 8.42 Å². The van der Waals surface area contributed by atoms with Gasteiger partial charge in [-0.05, 0) is 37.3 Å². The Kier molecular flexibility index (Phi) is 5.46. The molecular formula is C15H26N2O2S2. The van der Waals surface area contributed by atoms with E-state index in [4.69, 9.17) is 0 Å². The minimum absolute atomic E-state index is 0.260. The molecule has 0 saturated carbocycles. The second kappa shape index (κ2) is 6.77. The van der Waals surface area contributed by atoms with Gasteiger partial charge in [0.15, 0.2) is 0 Å². The largest absolute Gasteiger partial charge is 0.312 e. The third-order valence-electron chi connectivity index (χ3n) is 4.07. The standard InChI is InChI=1S/C15H26N2O2S2/c1-4-7-16-11-13-10-14(12-20-13)21(18,19)17-8-5-15(2,3)6-9-17/h10,12,16H,4-9,11H2,1-3H3. The van der Waals surface area contributed by atoms with E-state index in [1.165, 1.54) is 11.3 Å². The molecule has 6 heteroatoms. The molecule has 0 radical (unpaired) electrons. The Morgan fingerprint density at radius 1 is 1.33 bits per heavy atom. The minimum Gasteiger partial charge on any atom is -0.312 e. The van der Waals surface area contributed by atoms with Gasteiger partial charge in [-0.25, -0.2) is 8.42 Å². The van der Waals surface area contributed by atoms with Gasteiger partial charge in [-0.1, -0.05) is 20.8 Å². The molecule has 0 atom stereocenters. The van der Waals surface area contributed by atoms with Gasteiger partial charge in [-0.2, -0.15) is 4.31 Å². The Labute approximate surface area is 132 Å². The lowest BCUT2D eigenvalue weighted by molar-refractivity contribution is 0.196. The molecule has 21 heavy (non-hydrogen) atoms. The van der Waals surface area contributed by atoms with Crippen LogP contribution in [-0.2, 0) is 16.6 Å². The fourth-order valence-corrected chi connectivity index (χ4v) is 5.13. The summed E-state index contributed by atoms with van der Waals surface area (Å²) in [4.78, 5) is 1.54. The molecule has 1 aliphatic heterocycles. The van der Waals surface area contributed by atoms with E-state index in [1.807, 2.05) is 6.07 Å². The van der Waals surface area contributed by atoms with Gasteiger partial charge in [0.05, 0.1) is 4.90 Å². The first kappa shape index (κ1) is 16.9. The molecule has 0 unspecified atom stereocenters. The lowest BCUT2D eigenvalue weighted by Gasteiger charge is -2.35. The van der Waals surface area contributed by atoms with Crippen molar-refractivity contribution in [2.45, 2.75) is 51.5 Å². The molecule has 4 nitrogen and oxygen atoms in total. The average Bonchev–Trinajstić information content (AvgIpc) is 2.88. The summed E-state index contributed by atoms with van der Waals surface area (Å²) in [5.74, 6) is 0. The van der Waals surface area contributed by atoms with Crippen molar-refractivity contribution in [1.29, 1.82) is 0 Å². The van der Waals surface area contributed by atoms with Crippen molar-refractivity contribution in [3.8, 4) is 0 Å². The molecule has 1 saturated heterocycles. The first-order valence-corrected chi connectivity index (χ1v) is 9.95. The number of nitrogens with zero attached hydrogens (tertiary/aromatic N) is 1. The Bertz CT molecular complexity index is 554. The Morgan fingerprint density at radius 2 is 2.00 bits per heavy atom. The predicted molar refractivity (Wildman–Crippen MR) is 88.1 cm³/mol. The normalized spacial score (nSPS) is 19.8. The third kappa shape index (κ3) is 4.28. The van der Waals surface area contributed by atoms with Crippen molar-refractivity contribution in [2.24, 2.45) is 5.41 Å². The maximum atomic E-state index is 12.7. The molecule has 1 aliphatic rings. The molecule has 0 bridgehead atoms. The van der Waals surface area contributed by atoms with E-state index in [2.05, 4.69) is 26.1 Å². The van der Waals surface area contributed by atoms with Gasteiger partial charge in [-0.15, -0.1) is 11.3 Å². The number of nitrogens with one attached hydrogen (secondary N) is 1. The molecule has 120 valence electrons. The Balaban J connectivity index is 2.03. The summed E-state index contributed by atoms with van der Waals surface area (Å²) >= 11 is 1.52. The summed E-state index contributed by atoms with van der Waals surface area (Å²) in [6, 6.07) is 1.82. The number of sulfonamides is 1. The zero-order valence-electron chi connectivity index (χ0n) is 13.2. The summed E-state index contributed by atoms with van der Waals surface area (Å²) in [5.41, 5.74) is 0.260. The molecule has 0 aromatic carbocycles. The van der Waals surface area contributed by atoms with Gasteiger partial charge in [-0.3, -0.25) is 0 Å². The van der Waals surface area contributed by atoms with Gasteiger partial charge in [0, 0.05) is 29.9 Å². The molecular weight excluding hydrogens is 304 g/mol. The second-order valence-corrected chi connectivity index (χ2v) is 9.43. The topological polar surface area (TPSA) is 49.4 Å². The summed E-state index contributed by atoms with van der Waals surface area (Å²) in [5, 5.41) is 5.08. The number of thiophene rings is 1. The van der Waals surface area contributed by atoms with Crippen LogP contribution in [0, 0.1) is 5.41 Å². The summed E-state index contributed by atoms with van der Waals surface area (Å²) in [6.07, 6.45) is 2.95. The van der Waals surface area contributed by atoms with E-state index in [1.54, 1.807) is 9.69 Å². The quantitative estimate of drug-likeness (QED) is 0.816. The van der Waals surface area contributed by atoms with Gasteiger partial charge in [0.25, 0.3) is 0 Å². The van der Waals surface area contributed by atoms with Crippen LogP contribution < -0.4 is 5.32 Å². The van der Waals surface area contributed by atoms with E-state index in [0.717, 1.165) is 37.2 Å². The number of hydrogen-bond acceptors (Lipinski definition) is 4. The number of hydrogen-bond donors (Lipinski definition) is 1. The predicted octanol–water partition coefficient (Wildman–Crippen LogP) is 3.06. The van der Waals surface area contributed by atoms with Crippen LogP contribution in [0.15, 0.2) is 16.3 Å². The van der Waals surface area contributed by atoms with Gasteiger partial charge >= 0.3 is 0 Å². The summed E-state index contributed by atoms with van der Waals surface area (Å²) in [6.45, 7) is 9.51. The van der Waals surface area contributed by atoms with E-state index in [-0.39, 0.29) is 5.41 Å². The van der Waals surface area contributed by atoms with Crippen LogP contribution in [-0.4, -0.2) is 32.4 Å². The van der Waals surface area contributed by atoms with Crippen molar-refractivity contribution in [2.75, 3.05) is 19.6 Å². The lowest BCUT2D eigenvalue weighted by Crippen LogP contribution is -2.40. The molecule has 1 aromatic heterocycles. The smallest absolute Gasteiger partial charge is 0.243 e. The van der Waals surface area contributed by atoms with E-state index < -0.39 is 10.0 Å². The molecule has 1 N–H and O–H groups in total. The fraction of sp³-hybridized carbons (Fsp3) is 0.733. The van der Waals surface area contributed by atoms with Crippen LogP contribution in [0.5, 0.6) is 0 Å². The molecule has 2 heterocycles. The van der Waals surface area contributed by atoms with Crippen LogP contribution in [0.4, 0.5) is 0 Å². The van der Waals surface area contributed by atoms with Gasteiger partial charge < -0.3 is 5.32 Å². The summed E-state index contributed by atoms with van der Waals surface area (Å²) < 4.78 is 26.9. The molecule has 2 rings (SSSR count). The fourth-order valence-electron chi connectivity index (χ4n) is 2.46. The van der Waals surface area contributed by atoms with E-state index >= 15 is 0 Å². The van der Waals surface area contributed by atoms with E-state index in [9.17, 15) is 8.42 Å². The highest BCUT2D eigenvalue weighted by molar-refractivity contribution is 7.89. The number of piperidine rings is 1. The highest BCUT2D eigenvalue weighted by Crippen LogP contribution is 2.33. The molecule has 0 aliphatic carbocycles. The first-order valence-electron chi connectivity index (χ1n) is 7.63. The summed E-state index contributed by atoms with van der Waals surface area (Å²) in [7, 11) is -3.31. The maximum Gasteiger partial charge on any atom is 0.243 e. The zero-order chi connectivity index (χ0) is 15.5. The minimum atomic E-state index is -3.31. The van der Waals surface area contributed by atoms with Crippen molar-refractivity contribution in [3.05, 3.63) is 16.3 Å². The maximum absolute atomic E-state index is 12.7. The Hall–Kier alpha value is -0.430.